The molecule has 0 aliphatic heterocycles. The van der Waals surface area contributed by atoms with E-state index in [1.165, 1.54) is 25.7 Å². The van der Waals surface area contributed by atoms with Crippen molar-refractivity contribution in [2.24, 2.45) is 0 Å². The molecule has 0 aliphatic carbocycles. The summed E-state index contributed by atoms with van der Waals surface area (Å²) in [7, 11) is 0. The topological polar surface area (TPSA) is 128 Å². The van der Waals surface area contributed by atoms with E-state index in [-0.39, 0.29) is 12.4 Å². The number of esters is 1. The second kappa shape index (κ2) is 37.8. The molecular weight excluding hydrogens is 616 g/mol. The Hall–Kier alpha value is -0.970. The zero-order chi connectivity index (χ0) is 34.4. The molecule has 0 fully saturated rings. The van der Waals surface area contributed by atoms with E-state index in [1.807, 2.05) is 20.8 Å². The summed E-state index contributed by atoms with van der Waals surface area (Å²) in [6, 6.07) is 0. The number of rotatable bonds is 39. The van der Waals surface area contributed by atoms with E-state index >= 15 is 0 Å². The van der Waals surface area contributed by atoms with Crippen molar-refractivity contribution in [3.05, 3.63) is 0 Å². The van der Waals surface area contributed by atoms with E-state index in [1.54, 1.807) is 0 Å². The first-order chi connectivity index (χ1) is 23.0. The van der Waals surface area contributed by atoms with Crippen molar-refractivity contribution in [2.45, 2.75) is 71.8 Å². The number of ether oxygens (including phenoxy) is 12. The smallest absolute Gasteiger partial charge is 0.308 e. The van der Waals surface area contributed by atoms with Crippen LogP contribution in [0.2, 0.25) is 0 Å². The Labute approximate surface area is 284 Å². The van der Waals surface area contributed by atoms with Crippen molar-refractivity contribution in [1.82, 2.24) is 0 Å². The van der Waals surface area contributed by atoms with Crippen molar-refractivity contribution in [3.63, 3.8) is 0 Å². The number of hydrogen-bond acceptors (Lipinski definition) is 13. The molecule has 0 radical (unpaired) electrons. The van der Waals surface area contributed by atoms with Gasteiger partial charge in [-0.05, 0) is 27.2 Å². The van der Waals surface area contributed by atoms with E-state index < -0.39 is 5.60 Å². The first-order valence-electron chi connectivity index (χ1n) is 17.5. The van der Waals surface area contributed by atoms with E-state index in [4.69, 9.17) is 56.8 Å². The molecule has 0 unspecified atom stereocenters. The van der Waals surface area contributed by atoms with Crippen LogP contribution < -0.4 is 0 Å². The van der Waals surface area contributed by atoms with Gasteiger partial charge in [-0.25, -0.2) is 0 Å². The molecule has 0 saturated heterocycles. The fourth-order valence-corrected chi connectivity index (χ4v) is 3.66. The molecule has 0 aliphatic rings. The molecule has 0 atom stereocenters. The van der Waals surface area contributed by atoms with E-state index in [0.29, 0.717) is 139 Å². The van der Waals surface area contributed by atoms with E-state index in [2.05, 4.69) is 6.92 Å². The van der Waals surface area contributed by atoms with Crippen LogP contribution >= 0.6 is 0 Å². The lowest BCUT2D eigenvalue weighted by atomic mass is 10.2. The minimum absolute atomic E-state index is 0.234. The maximum absolute atomic E-state index is 11.6. The van der Waals surface area contributed by atoms with Gasteiger partial charge in [-0.15, -0.1) is 0 Å². The van der Waals surface area contributed by atoms with Crippen LogP contribution in [0.3, 0.4) is 0 Å². The summed E-state index contributed by atoms with van der Waals surface area (Å²) in [5.41, 5.74) is -0.472. The molecule has 0 amide bonds. The molecule has 0 rings (SSSR count). The molecule has 0 aromatic carbocycles. The van der Waals surface area contributed by atoms with Crippen LogP contribution in [0.5, 0.6) is 0 Å². The third kappa shape index (κ3) is 43.0. The molecule has 47 heavy (non-hydrogen) atoms. The Morgan fingerprint density at radius 2 is 0.617 bits per heavy atom. The second-order valence-electron chi connectivity index (χ2n) is 11.5. The van der Waals surface area contributed by atoms with Crippen LogP contribution in [0.4, 0.5) is 0 Å². The summed E-state index contributed by atoms with van der Waals surface area (Å²) in [4.78, 5) is 11.6. The van der Waals surface area contributed by atoms with Gasteiger partial charge < -0.3 is 56.8 Å². The van der Waals surface area contributed by atoms with Crippen LogP contribution in [-0.4, -0.2) is 157 Å². The second-order valence-corrected chi connectivity index (χ2v) is 11.5. The predicted octanol–water partition coefficient (Wildman–Crippen LogP) is 3.87. The molecule has 0 heterocycles. The predicted molar refractivity (Wildman–Crippen MR) is 178 cm³/mol. The van der Waals surface area contributed by atoms with Gasteiger partial charge in [-0.3, -0.25) is 4.79 Å². The normalized spacial score (nSPS) is 11.8. The molecule has 0 N–H and O–H groups in total. The van der Waals surface area contributed by atoms with Crippen molar-refractivity contribution in [3.8, 4) is 0 Å². The quantitative estimate of drug-likeness (QED) is 0.0687. The van der Waals surface area contributed by atoms with Crippen LogP contribution in [0.15, 0.2) is 0 Å². The Morgan fingerprint density at radius 1 is 0.362 bits per heavy atom. The zero-order valence-corrected chi connectivity index (χ0v) is 30.1. The van der Waals surface area contributed by atoms with Gasteiger partial charge in [0.25, 0.3) is 0 Å². The zero-order valence-electron chi connectivity index (χ0n) is 30.1. The lowest BCUT2D eigenvalue weighted by Crippen LogP contribution is -2.24. The summed E-state index contributed by atoms with van der Waals surface area (Å²) in [6.45, 7) is 19.2. The maximum atomic E-state index is 11.6. The van der Waals surface area contributed by atoms with E-state index in [0.717, 1.165) is 13.0 Å². The number of unbranched alkanes of at least 4 members (excludes halogenated alkanes) is 4. The van der Waals surface area contributed by atoms with Gasteiger partial charge in [0, 0.05) is 6.61 Å². The lowest BCUT2D eigenvalue weighted by molar-refractivity contribution is -0.156. The van der Waals surface area contributed by atoms with Crippen LogP contribution in [0.1, 0.15) is 66.2 Å². The minimum atomic E-state index is -0.472. The summed E-state index contributed by atoms with van der Waals surface area (Å²) >= 11 is 0. The average molecular weight is 685 g/mol. The minimum Gasteiger partial charge on any atom is -0.460 e. The van der Waals surface area contributed by atoms with Crippen LogP contribution in [0.25, 0.3) is 0 Å². The molecular formula is C34H68O13. The number of carbonyl (C=O) groups excluding carboxylic acids is 1. The van der Waals surface area contributed by atoms with E-state index in [9.17, 15) is 4.79 Å². The fourth-order valence-electron chi connectivity index (χ4n) is 3.66. The first kappa shape index (κ1) is 46.0. The molecule has 0 saturated carbocycles. The Balaban J connectivity index is 3.09. The third-order valence-electron chi connectivity index (χ3n) is 5.98. The largest absolute Gasteiger partial charge is 0.460 e. The molecule has 0 aromatic heterocycles. The standard InChI is InChI=1S/C34H68O13/c1-5-6-7-8-9-11-36-13-15-38-17-19-40-21-23-42-25-27-44-29-31-46-32-30-45-28-26-43-24-22-41-20-18-39-16-14-37-12-10-33(35)47-34(2,3)4/h5-32H2,1-4H3. The first-order valence-corrected chi connectivity index (χ1v) is 17.5. The Kier molecular flexibility index (Phi) is 37.1. The van der Waals surface area contributed by atoms with Gasteiger partial charge in [0.1, 0.15) is 5.60 Å². The monoisotopic (exact) mass is 684 g/mol. The molecule has 0 spiro atoms. The van der Waals surface area contributed by atoms with Gasteiger partial charge in [0.15, 0.2) is 0 Å². The molecule has 0 aromatic rings. The Bertz CT molecular complexity index is 619. The highest BCUT2D eigenvalue weighted by molar-refractivity contribution is 5.69. The summed E-state index contributed by atoms with van der Waals surface area (Å²) < 4.78 is 65.4. The number of carbonyl (C=O) groups is 1. The van der Waals surface area contributed by atoms with Crippen molar-refractivity contribution < 1.29 is 61.6 Å². The van der Waals surface area contributed by atoms with Crippen molar-refractivity contribution in [2.75, 3.05) is 145 Å². The molecule has 13 nitrogen and oxygen atoms in total. The van der Waals surface area contributed by atoms with Gasteiger partial charge in [-0.1, -0.05) is 32.6 Å². The highest BCUT2D eigenvalue weighted by atomic mass is 16.6. The molecule has 282 valence electrons. The highest BCUT2D eigenvalue weighted by Crippen LogP contribution is 2.08. The lowest BCUT2D eigenvalue weighted by Gasteiger charge is -2.19. The van der Waals surface area contributed by atoms with Gasteiger partial charge in [0.05, 0.1) is 145 Å². The van der Waals surface area contributed by atoms with Crippen LogP contribution in [0, 0.1) is 0 Å². The third-order valence-corrected chi connectivity index (χ3v) is 5.98. The summed E-state index contributed by atoms with van der Waals surface area (Å²) in [5, 5.41) is 0. The SMILES string of the molecule is CCCCCCCOCCOCCOCCOCCOCCOCCOCCOCCOCCOCCOCCC(=O)OC(C)(C)C. The summed E-state index contributed by atoms with van der Waals surface area (Å²) in [5.74, 6) is -0.263. The number of hydrogen-bond donors (Lipinski definition) is 0. The highest BCUT2D eigenvalue weighted by Gasteiger charge is 2.15. The molecule has 13 heteroatoms. The van der Waals surface area contributed by atoms with Gasteiger partial charge in [-0.2, -0.15) is 0 Å². The van der Waals surface area contributed by atoms with Crippen molar-refractivity contribution in [1.29, 1.82) is 0 Å². The molecule has 0 bridgehead atoms. The van der Waals surface area contributed by atoms with Gasteiger partial charge >= 0.3 is 5.97 Å². The maximum Gasteiger partial charge on any atom is 0.308 e. The van der Waals surface area contributed by atoms with Crippen LogP contribution in [-0.2, 0) is 61.6 Å². The fraction of sp³-hybridized carbons (Fsp3) is 0.971. The average Bonchev–Trinajstić information content (AvgIpc) is 3.03. The van der Waals surface area contributed by atoms with Crippen molar-refractivity contribution >= 4 is 5.97 Å². The Morgan fingerprint density at radius 3 is 0.894 bits per heavy atom. The van der Waals surface area contributed by atoms with Gasteiger partial charge in [0.2, 0.25) is 0 Å². The summed E-state index contributed by atoms with van der Waals surface area (Å²) in [6.07, 6.45) is 6.50.